The summed E-state index contributed by atoms with van der Waals surface area (Å²) in [6.45, 7) is 6.07. The summed E-state index contributed by atoms with van der Waals surface area (Å²) in [7, 11) is 0. The van der Waals surface area contributed by atoms with E-state index in [9.17, 15) is 9.50 Å². The van der Waals surface area contributed by atoms with Crippen LogP contribution in [-0.2, 0) is 11.3 Å². The fourth-order valence-corrected chi connectivity index (χ4v) is 4.21. The van der Waals surface area contributed by atoms with Crippen molar-refractivity contribution in [2.45, 2.75) is 26.5 Å². The normalized spacial score (nSPS) is 20.5. The molecule has 0 bridgehead atoms. The van der Waals surface area contributed by atoms with Crippen LogP contribution in [0.1, 0.15) is 29.4 Å². The van der Waals surface area contributed by atoms with E-state index >= 15 is 4.39 Å². The highest BCUT2D eigenvalue weighted by molar-refractivity contribution is 6.05. The molecule has 0 saturated carbocycles. The Morgan fingerprint density at radius 2 is 2.03 bits per heavy atom. The molecule has 1 aromatic carbocycles. The molecule has 1 unspecified atom stereocenters. The molecule has 3 aliphatic heterocycles. The second kappa shape index (κ2) is 8.03. The van der Waals surface area contributed by atoms with E-state index in [-0.39, 0.29) is 23.0 Å². The Kier molecular flexibility index (Phi) is 5.18. The quantitative estimate of drug-likeness (QED) is 0.581. The van der Waals surface area contributed by atoms with E-state index in [4.69, 9.17) is 4.74 Å². The highest BCUT2D eigenvalue weighted by Gasteiger charge is 2.32. The van der Waals surface area contributed by atoms with Crippen LogP contribution < -0.4 is 10.6 Å². The third kappa shape index (κ3) is 3.35. The summed E-state index contributed by atoms with van der Waals surface area (Å²) < 4.78 is 35.3. The van der Waals surface area contributed by atoms with Gasteiger partial charge in [0.2, 0.25) is 0 Å². The van der Waals surface area contributed by atoms with Crippen molar-refractivity contribution in [2.24, 2.45) is 4.99 Å². The molecule has 0 amide bonds. The van der Waals surface area contributed by atoms with E-state index in [1.54, 1.807) is 0 Å². The molecule has 0 spiro atoms. The van der Waals surface area contributed by atoms with Gasteiger partial charge in [0.15, 0.2) is 0 Å². The van der Waals surface area contributed by atoms with Crippen molar-refractivity contribution in [3.05, 3.63) is 63.9 Å². The lowest BCUT2D eigenvalue weighted by atomic mass is 10.00. The molecule has 1 saturated heterocycles. The Labute approximate surface area is 183 Å². The Morgan fingerprint density at radius 3 is 2.78 bits per heavy atom. The number of hydrogen-bond donors (Lipinski definition) is 4. The summed E-state index contributed by atoms with van der Waals surface area (Å²) in [5.41, 5.74) is 2.99. The number of halogens is 2. The second-order valence-corrected chi connectivity index (χ2v) is 8.01. The van der Waals surface area contributed by atoms with Crippen LogP contribution in [0.25, 0.3) is 5.57 Å². The van der Waals surface area contributed by atoms with Crippen molar-refractivity contribution in [2.75, 3.05) is 26.3 Å². The molecule has 1 fully saturated rings. The molecule has 3 aliphatic rings. The first-order valence-corrected chi connectivity index (χ1v) is 10.5. The molecule has 1 atom stereocenters. The Bertz CT molecular complexity index is 1160. The lowest BCUT2D eigenvalue weighted by Gasteiger charge is -2.36. The number of nitrogens with one attached hydrogen (secondary N) is 3. The molecule has 8 nitrogen and oxygen atoms in total. The lowest BCUT2D eigenvalue weighted by Crippen LogP contribution is -2.47. The number of hydrogen-bond acceptors (Lipinski definition) is 7. The predicted molar refractivity (Wildman–Crippen MR) is 115 cm³/mol. The number of aliphatic hydroxyl groups excluding tert-OH is 1. The van der Waals surface area contributed by atoms with Crippen LogP contribution in [0.4, 0.5) is 14.5 Å². The number of ether oxygens (including phenoxy) is 1. The van der Waals surface area contributed by atoms with Gasteiger partial charge in [-0.1, -0.05) is 6.07 Å². The molecule has 2 aromatic rings. The summed E-state index contributed by atoms with van der Waals surface area (Å²) >= 11 is 0. The number of rotatable bonds is 3. The van der Waals surface area contributed by atoms with Gasteiger partial charge in [-0.15, -0.1) is 0 Å². The maximum Gasteiger partial charge on any atom is 0.144 e. The van der Waals surface area contributed by atoms with E-state index in [1.807, 2.05) is 19.9 Å². The third-order valence-electron chi connectivity index (χ3n) is 5.95. The fraction of sp³-hybridized carbons (Fsp3) is 0.364. The van der Waals surface area contributed by atoms with Gasteiger partial charge in [-0.3, -0.25) is 5.10 Å². The van der Waals surface area contributed by atoms with Gasteiger partial charge in [-0.25, -0.2) is 13.8 Å². The van der Waals surface area contributed by atoms with Crippen molar-refractivity contribution in [1.29, 1.82) is 0 Å². The van der Waals surface area contributed by atoms with Gasteiger partial charge >= 0.3 is 0 Å². The minimum Gasteiger partial charge on any atom is -0.392 e. The van der Waals surface area contributed by atoms with E-state index in [0.29, 0.717) is 36.0 Å². The van der Waals surface area contributed by atoms with Crippen molar-refractivity contribution in [3.8, 4) is 0 Å². The first-order chi connectivity index (χ1) is 15.5. The van der Waals surface area contributed by atoms with Gasteiger partial charge in [-0.05, 0) is 26.0 Å². The van der Waals surface area contributed by atoms with Crippen LogP contribution in [0.2, 0.25) is 0 Å². The van der Waals surface area contributed by atoms with Crippen LogP contribution in [0, 0.1) is 18.6 Å². The smallest absolute Gasteiger partial charge is 0.144 e. The monoisotopic (exact) mass is 442 g/mol. The van der Waals surface area contributed by atoms with Crippen LogP contribution in [0.5, 0.6) is 0 Å². The van der Waals surface area contributed by atoms with Gasteiger partial charge in [-0.2, -0.15) is 5.10 Å². The third-order valence-corrected chi connectivity index (χ3v) is 5.95. The SMILES string of the molecule is Cc1[nH]nc2c1N=C(c1c(F)ccc(CO)c1F)NC1=C2C=C(N2CCOCC2)NC1C. The fourth-order valence-electron chi connectivity index (χ4n) is 4.21. The summed E-state index contributed by atoms with van der Waals surface area (Å²) in [6, 6.07) is 2.16. The van der Waals surface area contributed by atoms with Crippen LogP contribution >= 0.6 is 0 Å². The minimum absolute atomic E-state index is 0.00203. The van der Waals surface area contributed by atoms with Crippen molar-refractivity contribution < 1.29 is 18.6 Å². The van der Waals surface area contributed by atoms with Gasteiger partial charge in [0.25, 0.3) is 0 Å². The number of aromatic amines is 1. The predicted octanol–water partition coefficient (Wildman–Crippen LogP) is 2.05. The molecular formula is C22H24F2N6O2. The molecule has 5 rings (SSSR count). The largest absolute Gasteiger partial charge is 0.392 e. The zero-order valence-electron chi connectivity index (χ0n) is 17.8. The number of nitrogens with zero attached hydrogens (tertiary/aromatic N) is 3. The van der Waals surface area contributed by atoms with E-state index < -0.39 is 18.2 Å². The Balaban J connectivity index is 1.66. The number of dihydropyridines is 1. The number of fused-ring (bicyclic) bond motifs is 2. The average molecular weight is 442 g/mol. The number of aromatic nitrogens is 2. The van der Waals surface area contributed by atoms with Crippen molar-refractivity contribution in [3.63, 3.8) is 0 Å². The van der Waals surface area contributed by atoms with Gasteiger partial charge < -0.3 is 25.4 Å². The van der Waals surface area contributed by atoms with Crippen LogP contribution in [0.15, 0.2) is 34.7 Å². The van der Waals surface area contributed by atoms with E-state index in [0.717, 1.165) is 30.5 Å². The first kappa shape index (κ1) is 20.7. The standard InChI is InChI=1S/C22H24F2N6O2/c1-11-19-14(9-16(25-11)30-5-7-32-8-6-30)21-20(12(2)28-29-21)27-22(26-19)17-15(23)4-3-13(10-31)18(17)24/h3-4,9,11,25,31H,5-8,10H2,1-2H3,(H,26,27)(H,28,29). The van der Waals surface area contributed by atoms with Gasteiger partial charge in [0.1, 0.15) is 34.7 Å². The van der Waals surface area contributed by atoms with Crippen molar-refractivity contribution in [1.82, 2.24) is 25.7 Å². The molecule has 168 valence electrons. The van der Waals surface area contributed by atoms with Gasteiger partial charge in [0.05, 0.1) is 37.1 Å². The number of aliphatic hydroxyl groups is 1. The van der Waals surface area contributed by atoms with E-state index in [1.165, 1.54) is 6.07 Å². The average Bonchev–Trinajstić information content (AvgIpc) is 3.06. The number of morpholine rings is 1. The molecule has 0 aliphatic carbocycles. The summed E-state index contributed by atoms with van der Waals surface area (Å²) in [4.78, 5) is 6.79. The topological polar surface area (TPSA) is 97.8 Å². The number of H-pyrrole nitrogens is 1. The van der Waals surface area contributed by atoms with Crippen LogP contribution in [0.3, 0.4) is 0 Å². The van der Waals surface area contributed by atoms with Crippen molar-refractivity contribution >= 4 is 17.1 Å². The van der Waals surface area contributed by atoms with Crippen LogP contribution in [-0.4, -0.2) is 58.4 Å². The molecular weight excluding hydrogens is 418 g/mol. The molecule has 4 heterocycles. The number of benzene rings is 1. The zero-order valence-corrected chi connectivity index (χ0v) is 17.8. The number of allylic oxidation sites excluding steroid dienone is 2. The number of aryl methyl sites for hydroxylation is 1. The highest BCUT2D eigenvalue weighted by Crippen LogP contribution is 2.37. The Morgan fingerprint density at radius 1 is 1.25 bits per heavy atom. The number of amidine groups is 1. The molecule has 4 N–H and O–H groups in total. The molecule has 10 heteroatoms. The lowest BCUT2D eigenvalue weighted by molar-refractivity contribution is 0.0497. The summed E-state index contributed by atoms with van der Waals surface area (Å²) in [6.07, 6.45) is 1.99. The number of aliphatic imine (C=N–C) groups is 1. The minimum atomic E-state index is -0.841. The van der Waals surface area contributed by atoms with E-state index in [2.05, 4.69) is 30.7 Å². The second-order valence-electron chi connectivity index (χ2n) is 8.01. The zero-order chi connectivity index (χ0) is 22.4. The Hall–Kier alpha value is -3.24. The van der Waals surface area contributed by atoms with Gasteiger partial charge in [0, 0.05) is 29.9 Å². The summed E-state index contributed by atoms with van der Waals surface area (Å²) in [5.74, 6) is -0.635. The maximum atomic E-state index is 15.1. The summed E-state index contributed by atoms with van der Waals surface area (Å²) in [5, 5.41) is 23.5. The maximum absolute atomic E-state index is 15.1. The molecule has 1 aromatic heterocycles. The highest BCUT2D eigenvalue weighted by atomic mass is 19.1. The first-order valence-electron chi connectivity index (χ1n) is 10.5. The molecule has 32 heavy (non-hydrogen) atoms. The molecule has 0 radical (unpaired) electrons.